The largest absolute Gasteiger partial charge is 0.370 e. The molecule has 2 amide bonds. The van der Waals surface area contributed by atoms with E-state index in [1.54, 1.807) is 6.07 Å². The summed E-state index contributed by atoms with van der Waals surface area (Å²) >= 11 is 0. The molecule has 1 aliphatic heterocycles. The van der Waals surface area contributed by atoms with Crippen LogP contribution < -0.4 is 21.7 Å². The molecule has 0 unspecified atom stereocenters. The number of benzene rings is 1. The molecular formula is C13H17FN4O3. The van der Waals surface area contributed by atoms with Gasteiger partial charge in [-0.25, -0.2) is 4.39 Å². The molecule has 1 aliphatic rings. The van der Waals surface area contributed by atoms with E-state index in [2.05, 4.69) is 5.32 Å². The lowest BCUT2D eigenvalue weighted by atomic mass is 10.2. The van der Waals surface area contributed by atoms with Crippen LogP contribution in [0, 0.1) is 5.82 Å². The van der Waals surface area contributed by atoms with Gasteiger partial charge in [0, 0.05) is 18.8 Å². The van der Waals surface area contributed by atoms with Gasteiger partial charge >= 0.3 is 0 Å². The molecule has 1 saturated heterocycles. The first-order valence-corrected chi connectivity index (χ1v) is 6.47. The van der Waals surface area contributed by atoms with Gasteiger partial charge < -0.3 is 26.4 Å². The molecule has 0 saturated carbocycles. The van der Waals surface area contributed by atoms with Gasteiger partial charge in [-0.15, -0.1) is 0 Å². The van der Waals surface area contributed by atoms with Crippen molar-refractivity contribution >= 4 is 23.2 Å². The molecule has 7 nitrogen and oxygen atoms in total. The molecule has 0 radical (unpaired) electrons. The van der Waals surface area contributed by atoms with Crippen LogP contribution in [-0.2, 0) is 14.3 Å². The van der Waals surface area contributed by atoms with Crippen molar-refractivity contribution in [3.8, 4) is 0 Å². The lowest BCUT2D eigenvalue weighted by molar-refractivity contribution is -0.125. The molecule has 1 fully saturated rings. The van der Waals surface area contributed by atoms with E-state index in [9.17, 15) is 14.0 Å². The Balaban J connectivity index is 2.13. The van der Waals surface area contributed by atoms with Crippen molar-refractivity contribution in [3.05, 3.63) is 24.0 Å². The zero-order chi connectivity index (χ0) is 15.4. The highest BCUT2D eigenvalue weighted by molar-refractivity contribution is 5.97. The van der Waals surface area contributed by atoms with Gasteiger partial charge in [0.2, 0.25) is 5.91 Å². The number of anilines is 2. The number of nitrogens with two attached hydrogens (primary N) is 2. The quantitative estimate of drug-likeness (QED) is 0.688. The first kappa shape index (κ1) is 15.4. The zero-order valence-electron chi connectivity index (χ0n) is 11.3. The summed E-state index contributed by atoms with van der Waals surface area (Å²) in [5.41, 5.74) is 11.1. The van der Waals surface area contributed by atoms with Crippen LogP contribution in [0.1, 0.15) is 0 Å². The third-order valence-electron chi connectivity index (χ3n) is 3.10. The molecule has 5 N–H and O–H groups in total. The maximum Gasteiger partial charge on any atom is 0.253 e. The summed E-state index contributed by atoms with van der Waals surface area (Å²) in [6, 6.07) is 3.22. The number of hydrogen-bond acceptors (Lipinski definition) is 5. The van der Waals surface area contributed by atoms with E-state index in [0.29, 0.717) is 18.8 Å². The SMILES string of the molecule is NC[C@@H](N)C(=O)Nc1ccc(N2CCOCC2=O)cc1F. The van der Waals surface area contributed by atoms with Crippen LogP contribution in [0.4, 0.5) is 15.8 Å². The number of amides is 2. The van der Waals surface area contributed by atoms with E-state index in [-0.39, 0.29) is 24.7 Å². The van der Waals surface area contributed by atoms with Crippen molar-refractivity contribution in [2.45, 2.75) is 6.04 Å². The summed E-state index contributed by atoms with van der Waals surface area (Å²) in [5.74, 6) is -1.45. The molecule has 0 aromatic heterocycles. The first-order chi connectivity index (χ1) is 10.0. The summed E-state index contributed by atoms with van der Waals surface area (Å²) in [5, 5.41) is 2.36. The van der Waals surface area contributed by atoms with Crippen molar-refractivity contribution in [1.82, 2.24) is 0 Å². The standard InChI is InChI=1S/C13H17FN4O3/c14-9-5-8(18-3-4-21-7-12(18)19)1-2-11(9)17-13(20)10(16)6-15/h1-2,5,10H,3-4,6-7,15-16H2,(H,17,20)/t10-/m1/s1. The number of hydrogen-bond donors (Lipinski definition) is 3. The molecular weight excluding hydrogens is 279 g/mol. The molecule has 21 heavy (non-hydrogen) atoms. The number of halogens is 1. The lowest BCUT2D eigenvalue weighted by Gasteiger charge is -2.27. The molecule has 0 aliphatic carbocycles. The number of nitrogens with zero attached hydrogens (tertiary/aromatic N) is 1. The van der Waals surface area contributed by atoms with Gasteiger partial charge in [-0.1, -0.05) is 0 Å². The van der Waals surface area contributed by atoms with Gasteiger partial charge in [0.1, 0.15) is 12.4 Å². The second-order valence-corrected chi connectivity index (χ2v) is 4.59. The van der Waals surface area contributed by atoms with Gasteiger partial charge in [-0.2, -0.15) is 0 Å². The fourth-order valence-electron chi connectivity index (χ4n) is 1.90. The molecule has 1 aromatic carbocycles. The van der Waals surface area contributed by atoms with Crippen LogP contribution in [0.3, 0.4) is 0 Å². The van der Waals surface area contributed by atoms with Crippen LogP contribution in [0.5, 0.6) is 0 Å². The average Bonchev–Trinajstić information content (AvgIpc) is 2.49. The number of carbonyl (C=O) groups is 2. The van der Waals surface area contributed by atoms with E-state index >= 15 is 0 Å². The normalized spacial score (nSPS) is 16.7. The Labute approximate surface area is 121 Å². The van der Waals surface area contributed by atoms with Crippen LogP contribution >= 0.6 is 0 Å². The Morgan fingerprint density at radius 3 is 2.90 bits per heavy atom. The highest BCUT2D eigenvalue weighted by Crippen LogP contribution is 2.23. The molecule has 1 atom stereocenters. The molecule has 2 rings (SSSR count). The smallest absolute Gasteiger partial charge is 0.253 e. The fourth-order valence-corrected chi connectivity index (χ4v) is 1.90. The fraction of sp³-hybridized carbons (Fsp3) is 0.385. The number of nitrogens with one attached hydrogen (secondary N) is 1. The predicted molar refractivity (Wildman–Crippen MR) is 75.2 cm³/mol. The van der Waals surface area contributed by atoms with Crippen molar-refractivity contribution in [2.24, 2.45) is 11.5 Å². The highest BCUT2D eigenvalue weighted by atomic mass is 19.1. The van der Waals surface area contributed by atoms with Crippen molar-refractivity contribution in [3.63, 3.8) is 0 Å². The monoisotopic (exact) mass is 296 g/mol. The lowest BCUT2D eigenvalue weighted by Crippen LogP contribution is -2.42. The number of morpholine rings is 1. The van der Waals surface area contributed by atoms with E-state index in [0.717, 1.165) is 0 Å². The summed E-state index contributed by atoms with van der Waals surface area (Å²) < 4.78 is 19.0. The minimum absolute atomic E-state index is 0.00615. The Bertz CT molecular complexity index is 552. The third-order valence-corrected chi connectivity index (χ3v) is 3.10. The number of rotatable bonds is 4. The molecule has 114 valence electrons. The maximum atomic E-state index is 14.0. The van der Waals surface area contributed by atoms with Crippen molar-refractivity contribution in [2.75, 3.05) is 36.5 Å². The van der Waals surface area contributed by atoms with Crippen LogP contribution in [0.15, 0.2) is 18.2 Å². The predicted octanol–water partition coefficient (Wildman–Crippen LogP) is -0.587. The summed E-state index contributed by atoms with van der Waals surface area (Å²) in [7, 11) is 0. The highest BCUT2D eigenvalue weighted by Gasteiger charge is 2.21. The number of carbonyl (C=O) groups excluding carboxylic acids is 2. The molecule has 1 aromatic rings. The second kappa shape index (κ2) is 6.61. The minimum Gasteiger partial charge on any atom is -0.370 e. The van der Waals surface area contributed by atoms with Gasteiger partial charge in [0.15, 0.2) is 0 Å². The Kier molecular flexibility index (Phi) is 4.84. The molecule has 1 heterocycles. The van der Waals surface area contributed by atoms with Gasteiger partial charge in [-0.05, 0) is 18.2 Å². The van der Waals surface area contributed by atoms with Gasteiger partial charge in [-0.3, -0.25) is 9.59 Å². The van der Waals surface area contributed by atoms with E-state index in [4.69, 9.17) is 16.2 Å². The van der Waals surface area contributed by atoms with Crippen molar-refractivity contribution < 1.29 is 18.7 Å². The zero-order valence-corrected chi connectivity index (χ0v) is 11.3. The van der Waals surface area contributed by atoms with E-state index < -0.39 is 17.8 Å². The van der Waals surface area contributed by atoms with Gasteiger partial charge in [0.05, 0.1) is 18.3 Å². The van der Waals surface area contributed by atoms with Gasteiger partial charge in [0.25, 0.3) is 5.91 Å². The Morgan fingerprint density at radius 1 is 1.52 bits per heavy atom. The third kappa shape index (κ3) is 3.54. The second-order valence-electron chi connectivity index (χ2n) is 4.59. The molecule has 0 bridgehead atoms. The van der Waals surface area contributed by atoms with Crippen molar-refractivity contribution in [1.29, 1.82) is 0 Å². The average molecular weight is 296 g/mol. The van der Waals surface area contributed by atoms with Crippen LogP contribution in [-0.4, -0.2) is 44.2 Å². The van der Waals surface area contributed by atoms with Crippen LogP contribution in [0.25, 0.3) is 0 Å². The van der Waals surface area contributed by atoms with E-state index in [1.807, 2.05) is 0 Å². The van der Waals surface area contributed by atoms with Crippen LogP contribution in [0.2, 0.25) is 0 Å². The maximum absolute atomic E-state index is 14.0. The minimum atomic E-state index is -0.898. The molecule has 0 spiro atoms. The summed E-state index contributed by atoms with van der Waals surface area (Å²) in [6.07, 6.45) is 0. The summed E-state index contributed by atoms with van der Waals surface area (Å²) in [6.45, 7) is 0.707. The first-order valence-electron chi connectivity index (χ1n) is 6.47. The topological polar surface area (TPSA) is 111 Å². The molecule has 8 heteroatoms. The summed E-state index contributed by atoms with van der Waals surface area (Å²) in [4.78, 5) is 24.7. The Morgan fingerprint density at radius 2 is 2.29 bits per heavy atom. The van der Waals surface area contributed by atoms with E-state index in [1.165, 1.54) is 17.0 Å². The Hall–Kier alpha value is -2.03. The number of ether oxygens (including phenoxy) is 1.